The molecule has 20 heavy (non-hydrogen) atoms. The largest absolute Gasteiger partial charge is 0.481 e. The minimum Gasteiger partial charge on any atom is -0.481 e. The lowest BCUT2D eigenvalue weighted by atomic mass is 10.2. The van der Waals surface area contributed by atoms with E-state index in [4.69, 9.17) is 4.74 Å². The van der Waals surface area contributed by atoms with E-state index in [0.717, 1.165) is 25.4 Å². The molecule has 4 nitrogen and oxygen atoms in total. The van der Waals surface area contributed by atoms with Gasteiger partial charge in [-0.1, -0.05) is 25.1 Å². The average molecular weight is 276 g/mol. The minimum atomic E-state index is -0.464. The van der Waals surface area contributed by atoms with E-state index in [1.54, 1.807) is 6.92 Å². The minimum absolute atomic E-state index is 0.0446. The first-order valence-electron chi connectivity index (χ1n) is 7.44. The SMILES string of the molecule is CCN1CCC[C@H]1CNC(=O)[C@H](C)Oc1ccccc1. The van der Waals surface area contributed by atoms with Gasteiger partial charge < -0.3 is 10.1 Å². The molecule has 1 aliphatic heterocycles. The highest BCUT2D eigenvalue weighted by Gasteiger charge is 2.24. The molecule has 1 fully saturated rings. The molecule has 110 valence electrons. The fourth-order valence-electron chi connectivity index (χ4n) is 2.66. The van der Waals surface area contributed by atoms with Crippen molar-refractivity contribution in [1.29, 1.82) is 0 Å². The maximum Gasteiger partial charge on any atom is 0.260 e. The first-order chi connectivity index (χ1) is 9.70. The lowest BCUT2D eigenvalue weighted by Crippen LogP contribution is -2.44. The van der Waals surface area contributed by atoms with Crippen LogP contribution in [0.5, 0.6) is 5.75 Å². The van der Waals surface area contributed by atoms with Crippen LogP contribution in [0.4, 0.5) is 0 Å². The Hall–Kier alpha value is -1.55. The van der Waals surface area contributed by atoms with Crippen molar-refractivity contribution in [2.45, 2.75) is 38.8 Å². The molecule has 1 amide bonds. The number of nitrogens with zero attached hydrogens (tertiary/aromatic N) is 1. The van der Waals surface area contributed by atoms with Gasteiger partial charge in [0.25, 0.3) is 5.91 Å². The number of hydrogen-bond acceptors (Lipinski definition) is 3. The van der Waals surface area contributed by atoms with Crippen molar-refractivity contribution in [3.05, 3.63) is 30.3 Å². The molecule has 1 saturated heterocycles. The fourth-order valence-corrected chi connectivity index (χ4v) is 2.66. The van der Waals surface area contributed by atoms with Crippen LogP contribution in [-0.2, 0) is 4.79 Å². The average Bonchev–Trinajstić information content (AvgIpc) is 2.93. The summed E-state index contributed by atoms with van der Waals surface area (Å²) in [4.78, 5) is 14.5. The molecule has 0 aromatic heterocycles. The van der Waals surface area contributed by atoms with Gasteiger partial charge in [0.15, 0.2) is 6.10 Å². The second-order valence-electron chi connectivity index (χ2n) is 5.24. The van der Waals surface area contributed by atoms with Gasteiger partial charge in [0.05, 0.1) is 0 Å². The molecule has 1 N–H and O–H groups in total. The number of ether oxygens (including phenoxy) is 1. The second-order valence-corrected chi connectivity index (χ2v) is 5.24. The lowest BCUT2D eigenvalue weighted by Gasteiger charge is -2.23. The van der Waals surface area contributed by atoms with Crippen LogP contribution in [0.3, 0.4) is 0 Å². The van der Waals surface area contributed by atoms with Gasteiger partial charge >= 0.3 is 0 Å². The van der Waals surface area contributed by atoms with Crippen molar-refractivity contribution in [2.75, 3.05) is 19.6 Å². The summed E-state index contributed by atoms with van der Waals surface area (Å²) < 4.78 is 5.62. The zero-order valence-electron chi connectivity index (χ0n) is 12.3. The Morgan fingerprint density at radius 2 is 2.20 bits per heavy atom. The number of hydrogen-bond donors (Lipinski definition) is 1. The zero-order valence-corrected chi connectivity index (χ0v) is 12.3. The molecule has 1 aromatic carbocycles. The Kier molecular flexibility index (Phi) is 5.41. The highest BCUT2D eigenvalue weighted by atomic mass is 16.5. The van der Waals surface area contributed by atoms with E-state index < -0.39 is 6.10 Å². The van der Waals surface area contributed by atoms with Gasteiger partial charge in [0, 0.05) is 12.6 Å². The van der Waals surface area contributed by atoms with Crippen molar-refractivity contribution in [2.24, 2.45) is 0 Å². The third kappa shape index (κ3) is 3.97. The van der Waals surface area contributed by atoms with Crippen molar-refractivity contribution in [3.63, 3.8) is 0 Å². The molecule has 0 spiro atoms. The number of likely N-dealkylation sites (tertiary alicyclic amines) is 1. The molecule has 0 saturated carbocycles. The highest BCUT2D eigenvalue weighted by molar-refractivity contribution is 5.80. The Morgan fingerprint density at radius 1 is 1.45 bits per heavy atom. The molecule has 0 radical (unpaired) electrons. The summed E-state index contributed by atoms with van der Waals surface area (Å²) in [5.41, 5.74) is 0. The summed E-state index contributed by atoms with van der Waals surface area (Å²) in [6.45, 7) is 6.87. The van der Waals surface area contributed by atoms with Gasteiger partial charge in [0.1, 0.15) is 5.75 Å². The number of carbonyl (C=O) groups is 1. The fraction of sp³-hybridized carbons (Fsp3) is 0.562. The summed E-state index contributed by atoms with van der Waals surface area (Å²) >= 11 is 0. The quantitative estimate of drug-likeness (QED) is 0.864. The Bertz CT molecular complexity index is 422. The Balaban J connectivity index is 1.77. The predicted molar refractivity (Wildman–Crippen MR) is 79.8 cm³/mol. The number of nitrogens with one attached hydrogen (secondary N) is 1. The third-order valence-electron chi connectivity index (χ3n) is 3.84. The summed E-state index contributed by atoms with van der Waals surface area (Å²) in [7, 11) is 0. The second kappa shape index (κ2) is 7.29. The molecule has 2 atom stereocenters. The van der Waals surface area contributed by atoms with E-state index >= 15 is 0 Å². The van der Waals surface area contributed by atoms with Gasteiger partial charge in [-0.2, -0.15) is 0 Å². The van der Waals surface area contributed by atoms with Crippen LogP contribution in [0.15, 0.2) is 30.3 Å². The van der Waals surface area contributed by atoms with Crippen LogP contribution < -0.4 is 10.1 Å². The summed E-state index contributed by atoms with van der Waals surface area (Å²) in [6, 6.07) is 9.93. The lowest BCUT2D eigenvalue weighted by molar-refractivity contribution is -0.127. The van der Waals surface area contributed by atoms with Crippen LogP contribution in [0.1, 0.15) is 26.7 Å². The van der Waals surface area contributed by atoms with Crippen molar-refractivity contribution >= 4 is 5.91 Å². The third-order valence-corrected chi connectivity index (χ3v) is 3.84. The number of carbonyl (C=O) groups excluding carboxylic acids is 1. The highest BCUT2D eigenvalue weighted by Crippen LogP contribution is 2.16. The van der Waals surface area contributed by atoms with E-state index in [9.17, 15) is 4.79 Å². The first kappa shape index (κ1) is 14.9. The normalized spacial score (nSPS) is 20.6. The summed E-state index contributed by atoms with van der Waals surface area (Å²) in [5, 5.41) is 3.00. The maximum atomic E-state index is 12.0. The molecular weight excluding hydrogens is 252 g/mol. The number of rotatable bonds is 6. The Morgan fingerprint density at radius 3 is 2.90 bits per heavy atom. The van der Waals surface area contributed by atoms with Crippen LogP contribution in [-0.4, -0.2) is 42.6 Å². The van der Waals surface area contributed by atoms with Crippen LogP contribution >= 0.6 is 0 Å². The molecule has 0 aliphatic carbocycles. The monoisotopic (exact) mass is 276 g/mol. The molecule has 4 heteroatoms. The van der Waals surface area contributed by atoms with Crippen molar-refractivity contribution < 1.29 is 9.53 Å². The van der Waals surface area contributed by atoms with Gasteiger partial charge in [-0.25, -0.2) is 0 Å². The molecular formula is C16H24N2O2. The standard InChI is InChI=1S/C16H24N2O2/c1-3-18-11-7-8-14(18)12-17-16(19)13(2)20-15-9-5-4-6-10-15/h4-6,9-10,13-14H,3,7-8,11-12H2,1-2H3,(H,17,19)/t13-,14-/m0/s1. The summed E-state index contributed by atoms with van der Waals surface area (Å²) in [6.07, 6.45) is 1.93. The van der Waals surface area contributed by atoms with E-state index in [1.807, 2.05) is 30.3 Å². The predicted octanol–water partition coefficient (Wildman–Crippen LogP) is 2.05. The van der Waals surface area contributed by atoms with Crippen LogP contribution in [0.25, 0.3) is 0 Å². The van der Waals surface area contributed by atoms with Crippen LogP contribution in [0, 0.1) is 0 Å². The maximum absolute atomic E-state index is 12.0. The van der Waals surface area contributed by atoms with E-state index in [1.165, 1.54) is 12.8 Å². The number of para-hydroxylation sites is 1. The zero-order chi connectivity index (χ0) is 14.4. The van der Waals surface area contributed by atoms with Crippen molar-refractivity contribution in [3.8, 4) is 5.75 Å². The number of amides is 1. The summed E-state index contributed by atoms with van der Waals surface area (Å²) in [5.74, 6) is 0.683. The molecule has 2 rings (SSSR count). The van der Waals surface area contributed by atoms with Gasteiger partial charge in [0.2, 0.25) is 0 Å². The van der Waals surface area contributed by atoms with E-state index in [-0.39, 0.29) is 5.91 Å². The molecule has 1 aromatic rings. The molecule has 0 unspecified atom stereocenters. The van der Waals surface area contributed by atoms with Gasteiger partial charge in [-0.15, -0.1) is 0 Å². The van der Waals surface area contributed by atoms with Gasteiger partial charge in [-0.3, -0.25) is 9.69 Å². The smallest absolute Gasteiger partial charge is 0.260 e. The van der Waals surface area contributed by atoms with E-state index in [0.29, 0.717) is 6.04 Å². The molecule has 1 aliphatic rings. The van der Waals surface area contributed by atoms with E-state index in [2.05, 4.69) is 17.1 Å². The molecule has 1 heterocycles. The van der Waals surface area contributed by atoms with Gasteiger partial charge in [-0.05, 0) is 45.0 Å². The van der Waals surface area contributed by atoms with Crippen LogP contribution in [0.2, 0.25) is 0 Å². The number of likely N-dealkylation sites (N-methyl/N-ethyl adjacent to an activating group) is 1. The number of benzene rings is 1. The topological polar surface area (TPSA) is 41.6 Å². The molecule has 0 bridgehead atoms. The first-order valence-corrected chi connectivity index (χ1v) is 7.44. The Labute approximate surface area is 121 Å². The van der Waals surface area contributed by atoms with Crippen molar-refractivity contribution in [1.82, 2.24) is 10.2 Å².